The highest BCUT2D eigenvalue weighted by Gasteiger charge is 2.56. The highest BCUT2D eigenvalue weighted by molar-refractivity contribution is 6.07. The first kappa shape index (κ1) is 19.2. The third kappa shape index (κ3) is 3.36. The number of hydrogen-bond acceptors (Lipinski definition) is 5. The second-order valence-electron chi connectivity index (χ2n) is 8.88. The molecule has 4 amide bonds. The molecule has 3 aliphatic heterocycles. The summed E-state index contributed by atoms with van der Waals surface area (Å²) in [5, 5.41) is 5.86. The average molecular weight is 415 g/mol. The molecule has 1 aromatic carbocycles. The zero-order chi connectivity index (χ0) is 20.9. The number of rotatable bonds is 5. The second-order valence-corrected chi connectivity index (χ2v) is 8.88. The molecule has 1 aromatic rings. The van der Waals surface area contributed by atoms with Crippen LogP contribution in [0.2, 0.25) is 0 Å². The number of likely N-dealkylation sites (tertiary alicyclic amines) is 1. The van der Waals surface area contributed by atoms with Gasteiger partial charge in [-0.25, -0.2) is 9.69 Å². The van der Waals surface area contributed by atoms with Crippen LogP contribution in [0.4, 0.5) is 10.5 Å². The van der Waals surface area contributed by atoms with E-state index < -0.39 is 5.54 Å². The van der Waals surface area contributed by atoms with Crippen LogP contribution >= 0.6 is 0 Å². The number of hydrogen-bond donors (Lipinski definition) is 3. The fourth-order valence-electron chi connectivity index (χ4n) is 4.69. The number of nitrogens with zero attached hydrogens (tertiary/aromatic N) is 1. The predicted octanol–water partition coefficient (Wildman–Crippen LogP) is 0.327. The van der Waals surface area contributed by atoms with Gasteiger partial charge in [0.15, 0.2) is 18.2 Å². The summed E-state index contributed by atoms with van der Waals surface area (Å²) in [5.74, 6) is 1.38. The molecule has 1 atom stereocenters. The molecule has 3 N–H and O–H groups in total. The van der Waals surface area contributed by atoms with E-state index in [2.05, 4.69) is 10.6 Å². The highest BCUT2D eigenvalue weighted by Crippen LogP contribution is 2.42. The lowest BCUT2D eigenvalue weighted by Crippen LogP contribution is -3.14. The summed E-state index contributed by atoms with van der Waals surface area (Å²) < 4.78 is 10.6. The Labute approximate surface area is 174 Å². The lowest BCUT2D eigenvalue weighted by atomic mass is 9.95. The molecule has 1 aliphatic carbocycles. The topological polar surface area (TPSA) is 101 Å². The third-order valence-electron chi connectivity index (χ3n) is 6.78. The number of carbonyl (C=O) groups excluding carboxylic acids is 3. The maximum absolute atomic E-state index is 12.8. The summed E-state index contributed by atoms with van der Waals surface area (Å²) >= 11 is 0. The number of carbonyl (C=O) groups is 3. The van der Waals surface area contributed by atoms with Crippen molar-refractivity contribution < 1.29 is 28.8 Å². The molecule has 160 valence electrons. The van der Waals surface area contributed by atoms with Crippen LogP contribution in [0.3, 0.4) is 0 Å². The normalized spacial score (nSPS) is 30.4. The van der Waals surface area contributed by atoms with Crippen LogP contribution in [0, 0.1) is 11.8 Å². The van der Waals surface area contributed by atoms with Gasteiger partial charge in [0.1, 0.15) is 5.54 Å². The van der Waals surface area contributed by atoms with E-state index in [-0.39, 0.29) is 36.5 Å². The molecular formula is C21H27N4O5+. The Morgan fingerprint density at radius 3 is 2.67 bits per heavy atom. The molecule has 30 heavy (non-hydrogen) atoms. The summed E-state index contributed by atoms with van der Waals surface area (Å²) in [6, 6.07) is 5.08. The maximum Gasteiger partial charge on any atom is 0.329 e. The Balaban J connectivity index is 1.13. The Hall–Kier alpha value is -2.81. The number of urea groups is 1. The average Bonchev–Trinajstić information content (AvgIpc) is 3.46. The minimum Gasteiger partial charge on any atom is -0.454 e. The predicted molar refractivity (Wildman–Crippen MR) is 106 cm³/mol. The molecular weight excluding hydrogens is 388 g/mol. The standard InChI is InChI=1S/C21H26N4O5/c1-21(14-2-3-14)19(27)25(20(28)23-21)11-24-8-6-13(7-9-24)18(26)22-15-4-5-16-17(10-15)30-12-29-16/h4-5,10,13-14H,2-3,6-9,11-12H2,1H3,(H,22,26)(H,23,28)/p+1/t21-/m0/s1. The van der Waals surface area contributed by atoms with Crippen molar-refractivity contribution in [2.75, 3.05) is 31.9 Å². The smallest absolute Gasteiger partial charge is 0.329 e. The molecule has 1 saturated carbocycles. The molecule has 0 spiro atoms. The molecule has 3 heterocycles. The first-order valence-electron chi connectivity index (χ1n) is 10.6. The van der Waals surface area contributed by atoms with E-state index in [1.165, 1.54) is 4.90 Å². The fourth-order valence-corrected chi connectivity index (χ4v) is 4.69. The lowest BCUT2D eigenvalue weighted by Gasteiger charge is -2.30. The van der Waals surface area contributed by atoms with E-state index in [0.29, 0.717) is 23.9 Å². The van der Waals surface area contributed by atoms with Gasteiger partial charge in [-0.1, -0.05) is 0 Å². The molecule has 0 radical (unpaired) electrons. The molecule has 0 aromatic heterocycles. The van der Waals surface area contributed by atoms with Crippen LogP contribution < -0.4 is 25.0 Å². The minimum absolute atomic E-state index is 0.00999. The fraction of sp³-hybridized carbons (Fsp3) is 0.571. The van der Waals surface area contributed by atoms with Gasteiger partial charge in [0.25, 0.3) is 5.91 Å². The minimum atomic E-state index is -0.737. The summed E-state index contributed by atoms with van der Waals surface area (Å²) in [6.07, 6.45) is 3.42. The number of imide groups is 1. The quantitative estimate of drug-likeness (QED) is 0.602. The van der Waals surface area contributed by atoms with Crippen molar-refractivity contribution in [1.29, 1.82) is 0 Å². The van der Waals surface area contributed by atoms with Crippen LogP contribution in [0.15, 0.2) is 18.2 Å². The first-order chi connectivity index (χ1) is 14.4. The monoisotopic (exact) mass is 415 g/mol. The molecule has 0 bridgehead atoms. The summed E-state index contributed by atoms with van der Waals surface area (Å²) in [6.45, 7) is 3.90. The summed E-state index contributed by atoms with van der Waals surface area (Å²) in [4.78, 5) is 40.3. The van der Waals surface area contributed by atoms with Gasteiger partial charge in [-0.15, -0.1) is 0 Å². The number of benzene rings is 1. The molecule has 3 fully saturated rings. The van der Waals surface area contributed by atoms with Crippen molar-refractivity contribution in [3.63, 3.8) is 0 Å². The Bertz CT molecular complexity index is 893. The highest BCUT2D eigenvalue weighted by atomic mass is 16.7. The summed E-state index contributed by atoms with van der Waals surface area (Å²) in [5.41, 5.74) is -0.0444. The number of nitrogens with one attached hydrogen (secondary N) is 3. The van der Waals surface area contributed by atoms with Gasteiger partial charge in [0, 0.05) is 30.5 Å². The molecule has 4 aliphatic rings. The number of piperidine rings is 1. The van der Waals surface area contributed by atoms with Gasteiger partial charge in [-0.2, -0.15) is 0 Å². The number of anilines is 1. The zero-order valence-electron chi connectivity index (χ0n) is 17.0. The lowest BCUT2D eigenvalue weighted by molar-refractivity contribution is -0.912. The number of ether oxygens (including phenoxy) is 2. The Morgan fingerprint density at radius 2 is 1.93 bits per heavy atom. The van der Waals surface area contributed by atoms with Gasteiger partial charge < -0.3 is 25.0 Å². The van der Waals surface area contributed by atoms with E-state index in [4.69, 9.17) is 9.47 Å². The van der Waals surface area contributed by atoms with Crippen molar-refractivity contribution in [3.8, 4) is 11.5 Å². The first-order valence-corrected chi connectivity index (χ1v) is 10.6. The molecule has 0 unspecified atom stereocenters. The van der Waals surface area contributed by atoms with E-state index in [9.17, 15) is 14.4 Å². The van der Waals surface area contributed by atoms with Crippen LogP contribution in [0.1, 0.15) is 32.6 Å². The van der Waals surface area contributed by atoms with Crippen molar-refractivity contribution in [2.24, 2.45) is 11.8 Å². The van der Waals surface area contributed by atoms with Crippen LogP contribution in [0.5, 0.6) is 11.5 Å². The van der Waals surface area contributed by atoms with Gasteiger partial charge >= 0.3 is 6.03 Å². The van der Waals surface area contributed by atoms with Crippen LogP contribution in [-0.4, -0.2) is 54.8 Å². The van der Waals surface area contributed by atoms with Gasteiger partial charge in [-0.3, -0.25) is 9.59 Å². The summed E-state index contributed by atoms with van der Waals surface area (Å²) in [7, 11) is 0. The van der Waals surface area contributed by atoms with E-state index >= 15 is 0 Å². The van der Waals surface area contributed by atoms with E-state index in [0.717, 1.165) is 43.7 Å². The second kappa shape index (κ2) is 7.16. The number of fused-ring (bicyclic) bond motifs is 1. The van der Waals surface area contributed by atoms with Crippen molar-refractivity contribution in [1.82, 2.24) is 10.2 Å². The van der Waals surface area contributed by atoms with Crippen LogP contribution in [0.25, 0.3) is 0 Å². The Kier molecular flexibility index (Phi) is 4.57. The van der Waals surface area contributed by atoms with E-state index in [1.807, 2.05) is 6.92 Å². The molecule has 9 heteroatoms. The molecule has 5 rings (SSSR count). The third-order valence-corrected chi connectivity index (χ3v) is 6.78. The molecule has 9 nitrogen and oxygen atoms in total. The molecule has 2 saturated heterocycles. The van der Waals surface area contributed by atoms with E-state index in [1.54, 1.807) is 18.2 Å². The van der Waals surface area contributed by atoms with Gasteiger partial charge in [0.05, 0.1) is 13.1 Å². The zero-order valence-corrected chi connectivity index (χ0v) is 17.0. The van der Waals surface area contributed by atoms with Crippen molar-refractivity contribution >= 4 is 23.5 Å². The van der Waals surface area contributed by atoms with Crippen molar-refractivity contribution in [3.05, 3.63) is 18.2 Å². The SMILES string of the molecule is C[C@@]1(C2CC2)NC(=O)N(C[NH+]2CCC(C(=O)Nc3ccc4c(c3)OCO4)CC2)C1=O. The van der Waals surface area contributed by atoms with Crippen LogP contribution in [-0.2, 0) is 9.59 Å². The van der Waals surface area contributed by atoms with Gasteiger partial charge in [0.2, 0.25) is 12.7 Å². The van der Waals surface area contributed by atoms with Gasteiger partial charge in [-0.05, 0) is 37.8 Å². The largest absolute Gasteiger partial charge is 0.454 e. The maximum atomic E-state index is 12.8. The number of amides is 4. The van der Waals surface area contributed by atoms with Crippen molar-refractivity contribution in [2.45, 2.75) is 38.1 Å². The Morgan fingerprint density at radius 1 is 1.20 bits per heavy atom. The number of quaternary nitrogens is 1.